The second-order valence-corrected chi connectivity index (χ2v) is 2.50. The van der Waals surface area contributed by atoms with Crippen molar-refractivity contribution in [3.8, 4) is 0 Å². The summed E-state index contributed by atoms with van der Waals surface area (Å²) in [5, 5.41) is 7.00. The van der Waals surface area contributed by atoms with Gasteiger partial charge < -0.3 is 5.11 Å². The van der Waals surface area contributed by atoms with Crippen LogP contribution in [0.4, 0.5) is 0 Å². The van der Waals surface area contributed by atoms with Gasteiger partial charge >= 0.3 is 58.2 Å². The van der Waals surface area contributed by atoms with Gasteiger partial charge in [0.05, 0.1) is 0 Å². The number of aliphatic hydroxyl groups excluding tert-OH is 1. The van der Waals surface area contributed by atoms with Crippen molar-refractivity contribution in [1.82, 2.24) is 0 Å². The Bertz CT molecular complexity index is 187. The van der Waals surface area contributed by atoms with Crippen LogP contribution in [-0.2, 0) is 0 Å². The van der Waals surface area contributed by atoms with Gasteiger partial charge in [-0.2, -0.15) is 23.6 Å². The van der Waals surface area contributed by atoms with Crippen LogP contribution >= 0.6 is 0 Å². The van der Waals surface area contributed by atoms with E-state index >= 15 is 0 Å². The Morgan fingerprint density at radius 3 is 1.75 bits per heavy atom. The molecule has 0 aliphatic carbocycles. The van der Waals surface area contributed by atoms with Crippen molar-refractivity contribution in [1.29, 1.82) is 0 Å². The van der Waals surface area contributed by atoms with Crippen molar-refractivity contribution in [2.24, 2.45) is 0 Å². The van der Waals surface area contributed by atoms with Gasteiger partial charge in [0.2, 0.25) is 0 Å². The van der Waals surface area contributed by atoms with Crippen LogP contribution in [0.25, 0.3) is 0 Å². The first kappa shape index (κ1) is 25.6. The molecule has 0 heterocycles. The van der Waals surface area contributed by atoms with Gasteiger partial charge in [0.1, 0.15) is 0 Å². The minimum atomic E-state index is 0. The van der Waals surface area contributed by atoms with Crippen molar-refractivity contribution in [3.63, 3.8) is 0 Å². The van der Waals surface area contributed by atoms with Gasteiger partial charge in [0.15, 0.2) is 0 Å². The molecule has 0 saturated heterocycles. The van der Waals surface area contributed by atoms with Crippen LogP contribution in [0.2, 0.25) is 0 Å². The fourth-order valence-corrected chi connectivity index (χ4v) is 0.927. The molecule has 0 bridgehead atoms. The molecule has 1 rings (SSSR count). The maximum atomic E-state index is 7.00. The van der Waals surface area contributed by atoms with E-state index in [4.69, 9.17) is 5.11 Å². The molecule has 0 aliphatic heterocycles. The monoisotopic (exact) mass is 296 g/mol. The second-order valence-electron chi connectivity index (χ2n) is 2.50. The Labute approximate surface area is 151 Å². The van der Waals surface area contributed by atoms with Crippen LogP contribution in [0, 0.1) is 5.92 Å². The third-order valence-corrected chi connectivity index (χ3v) is 1.80. The first-order valence-corrected chi connectivity index (χ1v) is 5.17. The van der Waals surface area contributed by atoms with E-state index in [2.05, 4.69) is 38.1 Å². The summed E-state index contributed by atoms with van der Waals surface area (Å²) in [4.78, 5) is 0. The summed E-state index contributed by atoms with van der Waals surface area (Å²) in [6.07, 6.45) is 1.14. The molecule has 1 nitrogen and oxygen atoms in total. The molecule has 0 radical (unpaired) electrons. The minimum Gasteiger partial charge on any atom is -0.400 e. The molecule has 90 valence electrons. The first-order chi connectivity index (χ1) is 6.84. The first-order valence-electron chi connectivity index (χ1n) is 5.17. The summed E-state index contributed by atoms with van der Waals surface area (Å²) >= 11 is 0. The van der Waals surface area contributed by atoms with Crippen LogP contribution < -0.4 is 58.2 Å². The van der Waals surface area contributed by atoms with E-state index in [1.54, 1.807) is 0 Å². The Morgan fingerprint density at radius 1 is 1.06 bits per heavy atom. The van der Waals surface area contributed by atoms with Gasteiger partial charge in [0.25, 0.3) is 0 Å². The number of benzene rings is 1. The fourth-order valence-electron chi connectivity index (χ4n) is 0.927. The third kappa shape index (κ3) is 12.9. The fraction of sp³-hybridized carbons (Fsp3) is 0.500. The Hall–Kier alpha value is 0.855. The zero-order chi connectivity index (χ0) is 11.4. The quantitative estimate of drug-likeness (QED) is 0.816. The molecule has 0 saturated carbocycles. The van der Waals surface area contributed by atoms with E-state index in [0.29, 0.717) is 0 Å². The number of aliphatic hydroxyl groups is 1. The zero-order valence-electron chi connectivity index (χ0n) is 11.0. The average Bonchev–Trinajstić information content (AvgIpc) is 2.34. The summed E-state index contributed by atoms with van der Waals surface area (Å²) in [6.45, 7) is 8.36. The molecular weight excluding hydrogens is 270 g/mol. The van der Waals surface area contributed by atoms with E-state index in [-0.39, 0.29) is 65.6 Å². The van der Waals surface area contributed by atoms with Crippen LogP contribution in [0.1, 0.15) is 47.1 Å². The maximum Gasteiger partial charge on any atom is 1.00 e. The topological polar surface area (TPSA) is 20.2 Å². The van der Waals surface area contributed by atoms with Gasteiger partial charge in [-0.05, 0) is 0 Å². The minimum absolute atomic E-state index is 0. The van der Waals surface area contributed by atoms with E-state index in [0.717, 1.165) is 13.5 Å². The summed E-state index contributed by atoms with van der Waals surface area (Å²) in [5.41, 5.74) is 1.37. The van der Waals surface area contributed by atoms with E-state index in [9.17, 15) is 0 Å². The molecular formula is C14H27ORb. The van der Waals surface area contributed by atoms with Gasteiger partial charge in [0, 0.05) is 7.11 Å². The molecule has 1 N–H and O–H groups in total. The molecule has 0 fully saturated rings. The standard InChI is InChI=1S/C10H13.C2H6.CH4O.CH4.Rb/c1-3-9(2)10-7-5-4-6-8-10;2*1-2;;/h4-8H,3H2,1-2H3;1-2H3;2H,1H3;1H4;/q-1;;;;+1. The molecule has 0 atom stereocenters. The second kappa shape index (κ2) is 21.2. The van der Waals surface area contributed by atoms with Crippen LogP contribution in [0.15, 0.2) is 30.3 Å². The van der Waals surface area contributed by atoms with Crippen molar-refractivity contribution in [2.45, 2.75) is 41.5 Å². The molecule has 1 aromatic rings. The summed E-state index contributed by atoms with van der Waals surface area (Å²) < 4.78 is 0. The Kier molecular flexibility index (Phi) is 33.9. The molecule has 1 aromatic carbocycles. The number of hydrogen-bond acceptors (Lipinski definition) is 1. The molecule has 0 amide bonds. The smallest absolute Gasteiger partial charge is 0.400 e. The Morgan fingerprint density at radius 2 is 1.44 bits per heavy atom. The normalized spacial score (nSPS) is 6.62. The SMILES string of the molecule is C.CC.CC[C-](C)c1ccccc1.CO.[Rb+]. The van der Waals surface area contributed by atoms with Crippen molar-refractivity contribution < 1.29 is 63.3 Å². The molecule has 0 aliphatic rings. The van der Waals surface area contributed by atoms with Crippen LogP contribution in [-0.4, -0.2) is 12.2 Å². The van der Waals surface area contributed by atoms with Gasteiger partial charge in [-0.25, -0.2) is 0 Å². The van der Waals surface area contributed by atoms with Gasteiger partial charge in [-0.15, -0.1) is 12.1 Å². The predicted octanol–water partition coefficient (Wildman–Crippen LogP) is 1.31. The predicted molar refractivity (Wildman–Crippen MR) is 71.0 cm³/mol. The van der Waals surface area contributed by atoms with Crippen LogP contribution in [0.5, 0.6) is 0 Å². The van der Waals surface area contributed by atoms with Crippen molar-refractivity contribution in [2.75, 3.05) is 7.11 Å². The zero-order valence-corrected chi connectivity index (χ0v) is 16.0. The Balaban J connectivity index is -0.000000109. The van der Waals surface area contributed by atoms with Crippen molar-refractivity contribution >= 4 is 0 Å². The molecule has 0 aromatic heterocycles. The average molecular weight is 297 g/mol. The molecule has 16 heavy (non-hydrogen) atoms. The van der Waals surface area contributed by atoms with E-state index in [1.807, 2.05) is 19.9 Å². The maximum absolute atomic E-state index is 7.00. The van der Waals surface area contributed by atoms with E-state index in [1.165, 1.54) is 11.5 Å². The number of hydrogen-bond donors (Lipinski definition) is 1. The summed E-state index contributed by atoms with van der Waals surface area (Å²) in [7, 11) is 1.00. The third-order valence-electron chi connectivity index (χ3n) is 1.80. The van der Waals surface area contributed by atoms with E-state index < -0.39 is 0 Å². The molecule has 2 heteroatoms. The molecule has 0 spiro atoms. The summed E-state index contributed by atoms with van der Waals surface area (Å²) in [5.74, 6) is 1.46. The van der Waals surface area contributed by atoms with Gasteiger partial charge in [-0.1, -0.05) is 47.6 Å². The largest absolute Gasteiger partial charge is 1.00 e. The van der Waals surface area contributed by atoms with Gasteiger partial charge in [-0.3, -0.25) is 0 Å². The molecule has 0 unspecified atom stereocenters. The van der Waals surface area contributed by atoms with Crippen LogP contribution in [0.3, 0.4) is 0 Å². The van der Waals surface area contributed by atoms with Crippen molar-refractivity contribution in [3.05, 3.63) is 41.8 Å². The number of rotatable bonds is 2. The summed E-state index contributed by atoms with van der Waals surface area (Å²) in [6, 6.07) is 10.5.